The highest BCUT2D eigenvalue weighted by Gasteiger charge is 2.24. The molecule has 0 fully saturated rings. The Morgan fingerprint density at radius 2 is 1.48 bits per heavy atom. The minimum Gasteiger partial charge on any atom is -0.209 e. The summed E-state index contributed by atoms with van der Waals surface area (Å²) in [4.78, 5) is 15.3. The molecular formula is C39H35N3. The topological polar surface area (TPSA) is 38.7 Å². The lowest BCUT2D eigenvalue weighted by Gasteiger charge is -2.24. The SMILES string of the molecule is C1=CCC(c2ccc(-c3nc(C4=CCC5CCC=CC5=C4)nc(C4=Cc5ccc6c(c5CC4)CCC=C6)n3)cc2)C=C1. The quantitative estimate of drug-likeness (QED) is 0.328. The number of hydrogen-bond donors (Lipinski definition) is 0. The van der Waals surface area contributed by atoms with Gasteiger partial charge in [0.15, 0.2) is 17.5 Å². The molecule has 0 spiro atoms. The zero-order valence-corrected chi connectivity index (χ0v) is 24.0. The van der Waals surface area contributed by atoms with Crippen LogP contribution in [0.15, 0.2) is 96.7 Å². The molecule has 2 unspecified atom stereocenters. The lowest BCUT2D eigenvalue weighted by atomic mass is 9.82. The lowest BCUT2D eigenvalue weighted by molar-refractivity contribution is 0.567. The Labute approximate surface area is 248 Å². The minimum atomic E-state index is 0.428. The first-order valence-electron chi connectivity index (χ1n) is 15.6. The van der Waals surface area contributed by atoms with Crippen LogP contribution in [-0.2, 0) is 12.8 Å². The van der Waals surface area contributed by atoms with Crippen molar-refractivity contribution in [3.05, 3.63) is 136 Å². The number of nitrogens with zero attached hydrogens (tertiary/aromatic N) is 3. The largest absolute Gasteiger partial charge is 0.209 e. The first-order valence-corrected chi connectivity index (χ1v) is 15.6. The summed E-state index contributed by atoms with van der Waals surface area (Å²) in [6.07, 6.45) is 33.7. The van der Waals surface area contributed by atoms with Crippen LogP contribution in [0.4, 0.5) is 0 Å². The first kappa shape index (κ1) is 25.3. The molecule has 0 saturated carbocycles. The van der Waals surface area contributed by atoms with Crippen LogP contribution in [0.25, 0.3) is 34.7 Å². The zero-order chi connectivity index (χ0) is 27.9. The molecule has 5 aliphatic carbocycles. The van der Waals surface area contributed by atoms with Gasteiger partial charge in [0.05, 0.1) is 0 Å². The number of allylic oxidation sites excluding steroid dienone is 12. The van der Waals surface area contributed by atoms with E-state index in [2.05, 4.69) is 103 Å². The van der Waals surface area contributed by atoms with E-state index >= 15 is 0 Å². The predicted molar refractivity (Wildman–Crippen MR) is 173 cm³/mol. The van der Waals surface area contributed by atoms with Gasteiger partial charge in [-0.1, -0.05) is 91.1 Å². The predicted octanol–water partition coefficient (Wildman–Crippen LogP) is 9.26. The van der Waals surface area contributed by atoms with Gasteiger partial charge in [-0.2, -0.15) is 0 Å². The maximum atomic E-state index is 5.14. The molecule has 5 aliphatic rings. The maximum Gasteiger partial charge on any atom is 0.164 e. The highest BCUT2D eigenvalue weighted by molar-refractivity contribution is 5.84. The molecule has 206 valence electrons. The molecule has 0 radical (unpaired) electrons. The fourth-order valence-electron chi connectivity index (χ4n) is 7.13. The average Bonchev–Trinajstić information content (AvgIpc) is 3.08. The van der Waals surface area contributed by atoms with Crippen LogP contribution >= 0.6 is 0 Å². The highest BCUT2D eigenvalue weighted by Crippen LogP contribution is 2.38. The Balaban J connectivity index is 1.20. The number of aromatic nitrogens is 3. The van der Waals surface area contributed by atoms with Gasteiger partial charge in [-0.3, -0.25) is 0 Å². The van der Waals surface area contributed by atoms with Crippen molar-refractivity contribution in [2.24, 2.45) is 5.92 Å². The summed E-state index contributed by atoms with van der Waals surface area (Å²) < 4.78 is 0. The Morgan fingerprint density at radius 3 is 2.38 bits per heavy atom. The third kappa shape index (κ3) is 4.77. The molecule has 8 rings (SSSR count). The molecule has 42 heavy (non-hydrogen) atoms. The molecule has 2 aromatic carbocycles. The third-order valence-corrected chi connectivity index (χ3v) is 9.50. The fraction of sp³-hybridized carbons (Fsp3) is 0.256. The van der Waals surface area contributed by atoms with E-state index in [9.17, 15) is 0 Å². The van der Waals surface area contributed by atoms with Crippen molar-refractivity contribution in [1.29, 1.82) is 0 Å². The molecule has 0 amide bonds. The van der Waals surface area contributed by atoms with Gasteiger partial charge in [0.1, 0.15) is 0 Å². The second-order valence-electron chi connectivity index (χ2n) is 12.1. The van der Waals surface area contributed by atoms with Gasteiger partial charge in [0, 0.05) is 17.1 Å². The summed E-state index contributed by atoms with van der Waals surface area (Å²) in [5.74, 6) is 3.39. The van der Waals surface area contributed by atoms with E-state index in [4.69, 9.17) is 15.0 Å². The molecule has 2 atom stereocenters. The van der Waals surface area contributed by atoms with E-state index in [0.29, 0.717) is 11.8 Å². The molecule has 0 bridgehead atoms. The van der Waals surface area contributed by atoms with E-state index in [-0.39, 0.29) is 0 Å². The van der Waals surface area contributed by atoms with E-state index in [1.807, 2.05) is 0 Å². The Kier molecular flexibility index (Phi) is 6.52. The van der Waals surface area contributed by atoms with Gasteiger partial charge in [0.25, 0.3) is 0 Å². The van der Waals surface area contributed by atoms with Crippen molar-refractivity contribution in [3.8, 4) is 11.4 Å². The van der Waals surface area contributed by atoms with Crippen molar-refractivity contribution in [2.45, 2.75) is 57.3 Å². The van der Waals surface area contributed by atoms with Crippen molar-refractivity contribution >= 4 is 23.3 Å². The Bertz CT molecular complexity index is 1770. The smallest absolute Gasteiger partial charge is 0.164 e. The van der Waals surface area contributed by atoms with E-state index in [1.165, 1.54) is 51.8 Å². The van der Waals surface area contributed by atoms with E-state index in [1.54, 1.807) is 0 Å². The standard InChI is InChI=1S/C39H35N3/c1-2-8-26(9-3-1)28-14-18-30(19-15-28)37-40-38(33-21-16-27-10-4-5-12-31(27)24-33)42-39(41-37)34-22-23-36-32(25-34)20-17-29-11-6-7-13-35(29)36/h1-3,5-6,8,11-12,14-15,17-21,24-27H,4,7,9-10,13,16,22-23H2. The molecule has 0 saturated heterocycles. The van der Waals surface area contributed by atoms with E-state index in [0.717, 1.165) is 67.1 Å². The second-order valence-corrected chi connectivity index (χ2v) is 12.1. The van der Waals surface area contributed by atoms with Crippen LogP contribution in [0.2, 0.25) is 0 Å². The number of benzene rings is 2. The molecule has 3 aromatic rings. The molecular weight excluding hydrogens is 510 g/mol. The van der Waals surface area contributed by atoms with Gasteiger partial charge < -0.3 is 0 Å². The molecule has 1 aromatic heterocycles. The summed E-state index contributed by atoms with van der Waals surface area (Å²) in [7, 11) is 0. The van der Waals surface area contributed by atoms with Crippen LogP contribution in [0, 0.1) is 5.92 Å². The van der Waals surface area contributed by atoms with Crippen LogP contribution in [0.1, 0.15) is 83.9 Å². The summed E-state index contributed by atoms with van der Waals surface area (Å²) >= 11 is 0. The molecule has 3 heteroatoms. The average molecular weight is 546 g/mol. The normalized spacial score (nSPS) is 22.0. The van der Waals surface area contributed by atoms with Crippen molar-refractivity contribution < 1.29 is 0 Å². The Morgan fingerprint density at radius 1 is 0.643 bits per heavy atom. The van der Waals surface area contributed by atoms with Crippen molar-refractivity contribution in [3.63, 3.8) is 0 Å². The van der Waals surface area contributed by atoms with Gasteiger partial charge in [0.2, 0.25) is 0 Å². The van der Waals surface area contributed by atoms with Gasteiger partial charge in [-0.05, 0) is 108 Å². The second kappa shape index (κ2) is 10.8. The summed E-state index contributed by atoms with van der Waals surface area (Å²) in [6.45, 7) is 0. The van der Waals surface area contributed by atoms with Crippen molar-refractivity contribution in [1.82, 2.24) is 15.0 Å². The first-order chi connectivity index (χ1) is 20.8. The molecule has 1 heterocycles. The molecule has 0 N–H and O–H groups in total. The summed E-state index contributed by atoms with van der Waals surface area (Å²) in [6, 6.07) is 13.4. The van der Waals surface area contributed by atoms with Gasteiger partial charge in [-0.15, -0.1) is 0 Å². The molecule has 0 aliphatic heterocycles. The monoisotopic (exact) mass is 545 g/mol. The fourth-order valence-corrected chi connectivity index (χ4v) is 7.13. The van der Waals surface area contributed by atoms with Crippen LogP contribution in [-0.4, -0.2) is 15.0 Å². The number of rotatable bonds is 4. The van der Waals surface area contributed by atoms with Crippen LogP contribution in [0.3, 0.4) is 0 Å². The third-order valence-electron chi connectivity index (χ3n) is 9.50. The number of fused-ring (bicyclic) bond motifs is 4. The highest BCUT2D eigenvalue weighted by atomic mass is 15.0. The number of hydrogen-bond acceptors (Lipinski definition) is 3. The minimum absolute atomic E-state index is 0.428. The van der Waals surface area contributed by atoms with Gasteiger partial charge >= 0.3 is 0 Å². The van der Waals surface area contributed by atoms with E-state index < -0.39 is 0 Å². The maximum absolute atomic E-state index is 5.14. The molecule has 3 nitrogen and oxygen atoms in total. The summed E-state index contributed by atoms with van der Waals surface area (Å²) in [5.41, 5.74) is 11.8. The Hall–Kier alpha value is -4.37. The summed E-state index contributed by atoms with van der Waals surface area (Å²) in [5, 5.41) is 0. The zero-order valence-electron chi connectivity index (χ0n) is 24.0. The van der Waals surface area contributed by atoms with Crippen LogP contribution < -0.4 is 0 Å². The van der Waals surface area contributed by atoms with Gasteiger partial charge in [-0.25, -0.2) is 15.0 Å². The van der Waals surface area contributed by atoms with Crippen molar-refractivity contribution in [2.75, 3.05) is 0 Å². The van der Waals surface area contributed by atoms with Crippen LogP contribution in [0.5, 0.6) is 0 Å². The lowest BCUT2D eigenvalue weighted by Crippen LogP contribution is -2.12.